The monoisotopic (exact) mass is 417 g/mol. The van der Waals surface area contributed by atoms with E-state index in [0.717, 1.165) is 10.8 Å². The lowest BCUT2D eigenvalue weighted by molar-refractivity contribution is -0.254. The maximum atomic E-state index is 12.5. The highest BCUT2D eigenvalue weighted by Gasteiger charge is 2.44. The number of aliphatic hydroxyl groups excluding tert-OH is 4. The lowest BCUT2D eigenvalue weighted by Crippen LogP contribution is -2.56. The Labute approximate surface area is 169 Å². The molecule has 158 valence electrons. The van der Waals surface area contributed by atoms with Crippen molar-refractivity contribution in [1.82, 2.24) is 15.0 Å². The first-order chi connectivity index (χ1) is 14.4. The van der Waals surface area contributed by atoms with Crippen molar-refractivity contribution >= 4 is 11.6 Å². The van der Waals surface area contributed by atoms with Crippen LogP contribution in [0.3, 0.4) is 0 Å². The molecule has 4 N–H and O–H groups in total. The Morgan fingerprint density at radius 3 is 2.53 bits per heavy atom. The van der Waals surface area contributed by atoms with Crippen LogP contribution in [0.2, 0.25) is 0 Å². The molecule has 1 aliphatic heterocycles. The van der Waals surface area contributed by atoms with Gasteiger partial charge in [0.25, 0.3) is 0 Å². The van der Waals surface area contributed by atoms with E-state index < -0.39 is 43.0 Å². The molecule has 0 radical (unpaired) electrons. The van der Waals surface area contributed by atoms with Crippen molar-refractivity contribution in [2.75, 3.05) is 6.61 Å². The first-order valence-electron chi connectivity index (χ1n) is 9.14. The number of nitrogens with zero attached hydrogens (tertiary/aromatic N) is 3. The number of hydrogen-bond donors (Lipinski definition) is 4. The van der Waals surface area contributed by atoms with Gasteiger partial charge in [-0.2, -0.15) is 0 Å². The Morgan fingerprint density at radius 1 is 1.07 bits per heavy atom. The number of carbonyl (C=O) groups excluding carboxylic acids is 2. The highest BCUT2D eigenvalue weighted by molar-refractivity contribution is 6.23. The smallest absolute Gasteiger partial charge is 0.228 e. The van der Waals surface area contributed by atoms with Crippen LogP contribution < -0.4 is 0 Å². The molecule has 1 saturated heterocycles. The Bertz CT molecular complexity index is 1000. The predicted molar refractivity (Wildman–Crippen MR) is 97.0 cm³/mol. The number of fused-ring (bicyclic) bond motifs is 1. The fraction of sp³-hybridized carbons (Fsp3) is 0.368. The summed E-state index contributed by atoms with van der Waals surface area (Å²) in [5, 5.41) is 46.8. The van der Waals surface area contributed by atoms with E-state index in [1.54, 1.807) is 24.3 Å². The Hall–Kier alpha value is -2.96. The summed E-state index contributed by atoms with van der Waals surface area (Å²) < 4.78 is 12.0. The number of hydrogen-bond acceptors (Lipinski definition) is 10. The zero-order chi connectivity index (χ0) is 21.4. The summed E-state index contributed by atoms with van der Waals surface area (Å²) >= 11 is 0. The average molecular weight is 417 g/mol. The van der Waals surface area contributed by atoms with Gasteiger partial charge in [0.2, 0.25) is 5.78 Å². The average Bonchev–Trinajstić information content (AvgIpc) is 3.22. The number of ketones is 2. The number of benzene rings is 1. The lowest BCUT2D eigenvalue weighted by Gasteiger charge is -2.39. The molecule has 2 heterocycles. The third kappa shape index (κ3) is 3.53. The number of Topliss-reactive ketones (excluding diaryl/α,β-unsaturated/α-hetero) is 1. The summed E-state index contributed by atoms with van der Waals surface area (Å²) in [6, 6.07) is 6.43. The molecule has 1 aromatic carbocycles. The molecule has 1 aromatic heterocycles. The Morgan fingerprint density at radius 2 is 1.80 bits per heavy atom. The van der Waals surface area contributed by atoms with Crippen molar-refractivity contribution in [3.05, 3.63) is 59.1 Å². The summed E-state index contributed by atoms with van der Waals surface area (Å²) in [5.74, 6) is -0.891. The van der Waals surface area contributed by atoms with E-state index in [-0.39, 0.29) is 29.4 Å². The molecule has 4 rings (SSSR count). The summed E-state index contributed by atoms with van der Waals surface area (Å²) in [6.07, 6.45) is -4.38. The van der Waals surface area contributed by atoms with Gasteiger partial charge in [-0.05, 0) is 0 Å². The quantitative estimate of drug-likeness (QED) is 0.461. The standard InChI is InChI=1S/C19H19N3O8/c23-7-14-16(26)17(27)18(28)19(30-14)22-6-9(20-21-22)8-29-13-5-12(24)10-3-1-2-4-11(10)15(13)25/h1-6,14,16-19,23,26-28H,7-8H2/t14-,16+,17+,18-,19-/m1/s1. The van der Waals surface area contributed by atoms with Gasteiger partial charge in [-0.3, -0.25) is 9.59 Å². The van der Waals surface area contributed by atoms with Gasteiger partial charge in [0.15, 0.2) is 17.8 Å². The van der Waals surface area contributed by atoms with Gasteiger partial charge in [0.05, 0.1) is 12.8 Å². The van der Waals surface area contributed by atoms with Crippen molar-refractivity contribution in [2.24, 2.45) is 0 Å². The van der Waals surface area contributed by atoms with Crippen LogP contribution in [-0.4, -0.2) is 78.0 Å². The molecule has 0 saturated carbocycles. The Kier molecular flexibility index (Phi) is 5.45. The molecule has 30 heavy (non-hydrogen) atoms. The molecular formula is C19H19N3O8. The Balaban J connectivity index is 1.46. The maximum Gasteiger partial charge on any atom is 0.228 e. The van der Waals surface area contributed by atoms with Gasteiger partial charge in [0, 0.05) is 17.2 Å². The van der Waals surface area contributed by atoms with Crippen LogP contribution in [-0.2, 0) is 16.1 Å². The van der Waals surface area contributed by atoms with Crippen LogP contribution in [0.4, 0.5) is 0 Å². The van der Waals surface area contributed by atoms with E-state index in [0.29, 0.717) is 5.56 Å². The molecule has 0 amide bonds. The first kappa shape index (κ1) is 20.3. The molecule has 5 atom stereocenters. The van der Waals surface area contributed by atoms with Gasteiger partial charge >= 0.3 is 0 Å². The van der Waals surface area contributed by atoms with Crippen molar-refractivity contribution in [3.63, 3.8) is 0 Å². The molecule has 2 aliphatic rings. The van der Waals surface area contributed by atoms with Crippen molar-refractivity contribution in [2.45, 2.75) is 37.3 Å². The van der Waals surface area contributed by atoms with Crippen molar-refractivity contribution in [1.29, 1.82) is 0 Å². The zero-order valence-electron chi connectivity index (χ0n) is 15.5. The SMILES string of the molecule is O=C1C=C(OCc2cn([C@@H]3O[C@H](CO)[C@H](O)[C@H](O)[C@H]3O)nn2)C(=O)c2ccccc21. The topological polar surface area (TPSA) is 164 Å². The minimum Gasteiger partial charge on any atom is -0.483 e. The van der Waals surface area contributed by atoms with Crippen LogP contribution in [0.1, 0.15) is 32.6 Å². The number of ether oxygens (including phenoxy) is 2. The molecule has 0 bridgehead atoms. The molecule has 1 aliphatic carbocycles. The first-order valence-corrected chi connectivity index (χ1v) is 9.14. The summed E-state index contributed by atoms with van der Waals surface area (Å²) in [5.41, 5.74) is 0.820. The molecule has 0 unspecified atom stereocenters. The second kappa shape index (κ2) is 8.05. The number of allylic oxidation sites excluding steroid dienone is 2. The number of aliphatic hydroxyl groups is 4. The molecule has 11 heteroatoms. The third-order valence-electron chi connectivity index (χ3n) is 4.98. The van der Waals surface area contributed by atoms with Crippen LogP contribution in [0.5, 0.6) is 0 Å². The minimum atomic E-state index is -1.55. The largest absolute Gasteiger partial charge is 0.483 e. The van der Waals surface area contributed by atoms with Gasteiger partial charge in [0.1, 0.15) is 36.7 Å². The van der Waals surface area contributed by atoms with Crippen LogP contribution in [0, 0.1) is 0 Å². The molecule has 11 nitrogen and oxygen atoms in total. The molecular weight excluding hydrogens is 398 g/mol. The van der Waals surface area contributed by atoms with Gasteiger partial charge < -0.3 is 29.9 Å². The van der Waals surface area contributed by atoms with E-state index in [9.17, 15) is 30.0 Å². The van der Waals surface area contributed by atoms with Crippen molar-refractivity contribution in [3.8, 4) is 0 Å². The maximum absolute atomic E-state index is 12.5. The minimum absolute atomic E-state index is 0.124. The van der Waals surface area contributed by atoms with Crippen LogP contribution in [0.15, 0.2) is 42.3 Å². The predicted octanol–water partition coefficient (Wildman–Crippen LogP) is -1.27. The van der Waals surface area contributed by atoms with E-state index in [4.69, 9.17) is 9.47 Å². The summed E-state index contributed by atoms with van der Waals surface area (Å²) in [7, 11) is 0. The fourth-order valence-electron chi connectivity index (χ4n) is 3.35. The van der Waals surface area contributed by atoms with Gasteiger partial charge in [-0.15, -0.1) is 5.10 Å². The number of carbonyl (C=O) groups is 2. The zero-order valence-corrected chi connectivity index (χ0v) is 15.5. The van der Waals surface area contributed by atoms with Crippen LogP contribution >= 0.6 is 0 Å². The lowest BCUT2D eigenvalue weighted by atomic mass is 9.94. The molecule has 1 fully saturated rings. The third-order valence-corrected chi connectivity index (χ3v) is 4.98. The molecule has 2 aromatic rings. The van der Waals surface area contributed by atoms with Gasteiger partial charge in [-0.25, -0.2) is 4.68 Å². The van der Waals surface area contributed by atoms with E-state index >= 15 is 0 Å². The van der Waals surface area contributed by atoms with Gasteiger partial charge in [-0.1, -0.05) is 29.5 Å². The normalized spacial score (nSPS) is 28.8. The second-order valence-electron chi connectivity index (χ2n) is 6.95. The fourth-order valence-corrected chi connectivity index (χ4v) is 3.35. The highest BCUT2D eigenvalue weighted by Crippen LogP contribution is 2.28. The van der Waals surface area contributed by atoms with E-state index in [1.807, 2.05) is 0 Å². The number of rotatable bonds is 5. The molecule has 0 spiro atoms. The van der Waals surface area contributed by atoms with E-state index in [1.165, 1.54) is 6.20 Å². The second-order valence-corrected chi connectivity index (χ2v) is 6.95. The highest BCUT2D eigenvalue weighted by atomic mass is 16.6. The van der Waals surface area contributed by atoms with E-state index in [2.05, 4.69) is 10.3 Å². The van der Waals surface area contributed by atoms with Crippen molar-refractivity contribution < 1.29 is 39.5 Å². The summed E-state index contributed by atoms with van der Waals surface area (Å²) in [4.78, 5) is 24.7. The number of aromatic nitrogens is 3. The summed E-state index contributed by atoms with van der Waals surface area (Å²) in [6.45, 7) is -0.762. The van der Waals surface area contributed by atoms with Crippen LogP contribution in [0.25, 0.3) is 0 Å².